The van der Waals surface area contributed by atoms with Crippen molar-refractivity contribution < 1.29 is 69.0 Å². The van der Waals surface area contributed by atoms with Crippen LogP contribution in [0.15, 0.2) is 97.2 Å². The predicted octanol–water partition coefficient (Wildman–Crippen LogP) is 8.63. The second kappa shape index (κ2) is 43.3. The number of rotatable bonds is 41. The third-order valence-corrected chi connectivity index (χ3v) is 12.1. The van der Waals surface area contributed by atoms with E-state index < -0.39 is 86.7 Å². The van der Waals surface area contributed by atoms with Gasteiger partial charge in [0.1, 0.15) is 54.9 Å². The van der Waals surface area contributed by atoms with E-state index in [9.17, 15) is 40.5 Å². The van der Waals surface area contributed by atoms with Gasteiger partial charge in [-0.25, -0.2) is 0 Å². The third kappa shape index (κ3) is 30.6. The van der Waals surface area contributed by atoms with E-state index in [0.717, 1.165) is 103 Å². The number of aliphatic hydroxyl groups is 7. The van der Waals surface area contributed by atoms with Gasteiger partial charge in [-0.05, 0) is 96.3 Å². The average molecular weight is 1000 g/mol. The molecule has 11 atom stereocenters. The molecule has 0 aromatic heterocycles. The van der Waals surface area contributed by atoms with Gasteiger partial charge in [0.15, 0.2) is 12.6 Å². The van der Waals surface area contributed by atoms with Crippen LogP contribution in [-0.4, -0.2) is 142 Å². The molecule has 2 saturated heterocycles. The average Bonchev–Trinajstić information content (AvgIpc) is 3.37. The maximum absolute atomic E-state index is 13.0. The molecule has 0 saturated carbocycles. The smallest absolute Gasteiger partial charge is 0.306 e. The summed E-state index contributed by atoms with van der Waals surface area (Å²) >= 11 is 0. The summed E-state index contributed by atoms with van der Waals surface area (Å²) in [6.45, 7) is 3.40. The molecule has 11 unspecified atom stereocenters. The van der Waals surface area contributed by atoms with Crippen LogP contribution in [0.2, 0.25) is 0 Å². The summed E-state index contributed by atoms with van der Waals surface area (Å²) in [7, 11) is 0. The van der Waals surface area contributed by atoms with Crippen LogP contribution in [0.4, 0.5) is 0 Å². The van der Waals surface area contributed by atoms with E-state index in [1.54, 1.807) is 0 Å². The summed E-state index contributed by atoms with van der Waals surface area (Å²) < 4.78 is 34.2. The lowest BCUT2D eigenvalue weighted by Crippen LogP contribution is -2.61. The molecule has 0 amide bonds. The van der Waals surface area contributed by atoms with Crippen molar-refractivity contribution in [2.75, 3.05) is 33.0 Å². The molecular formula is C57H94O14. The number of unbranched alkanes of at least 4 members (excludes halogenated alkanes) is 11. The van der Waals surface area contributed by atoms with Gasteiger partial charge in [-0.3, -0.25) is 4.79 Å². The SMILES string of the molecule is CC/C=C\C/C=C\C/C=C\C/C=C\C/C=C\C/C=C\C/C=C\CCCCOCC(COC1OC(COC2OC(CO)C(O)C(O)C2O)C(O)C(O)C1O)OC(=O)CCCCCCC/C=C\CCCCCC. The van der Waals surface area contributed by atoms with Gasteiger partial charge in [-0.1, -0.05) is 150 Å². The van der Waals surface area contributed by atoms with Crippen molar-refractivity contribution in [2.24, 2.45) is 0 Å². The fourth-order valence-corrected chi connectivity index (χ4v) is 7.73. The van der Waals surface area contributed by atoms with Crippen molar-refractivity contribution in [3.63, 3.8) is 0 Å². The fraction of sp³-hybridized carbons (Fsp3) is 0.702. The van der Waals surface area contributed by atoms with Gasteiger partial charge >= 0.3 is 5.97 Å². The van der Waals surface area contributed by atoms with Crippen LogP contribution in [0.3, 0.4) is 0 Å². The highest BCUT2D eigenvalue weighted by Gasteiger charge is 2.47. The number of ether oxygens (including phenoxy) is 6. The molecule has 0 radical (unpaired) electrons. The van der Waals surface area contributed by atoms with Crippen LogP contribution >= 0.6 is 0 Å². The molecule has 2 aliphatic rings. The number of carbonyl (C=O) groups excluding carboxylic acids is 1. The minimum absolute atomic E-state index is 0.0219. The lowest BCUT2D eigenvalue weighted by atomic mass is 9.98. The highest BCUT2D eigenvalue weighted by atomic mass is 16.7. The van der Waals surface area contributed by atoms with E-state index in [1.807, 2.05) is 0 Å². The first-order valence-corrected chi connectivity index (χ1v) is 26.8. The fourth-order valence-electron chi connectivity index (χ4n) is 7.73. The first-order valence-electron chi connectivity index (χ1n) is 26.8. The molecule has 2 fully saturated rings. The number of aliphatic hydroxyl groups excluding tert-OH is 7. The van der Waals surface area contributed by atoms with Gasteiger partial charge in [-0.2, -0.15) is 0 Å². The van der Waals surface area contributed by atoms with E-state index >= 15 is 0 Å². The van der Waals surface area contributed by atoms with E-state index in [-0.39, 0.29) is 19.6 Å². The Morgan fingerprint density at radius 1 is 0.479 bits per heavy atom. The lowest BCUT2D eigenvalue weighted by Gasteiger charge is -2.42. The van der Waals surface area contributed by atoms with Crippen LogP contribution in [-0.2, 0) is 33.2 Å². The summed E-state index contributed by atoms with van der Waals surface area (Å²) in [6.07, 6.45) is 40.5. The first-order chi connectivity index (χ1) is 34.6. The Morgan fingerprint density at radius 2 is 0.915 bits per heavy atom. The molecule has 2 aliphatic heterocycles. The van der Waals surface area contributed by atoms with Crippen molar-refractivity contribution in [3.05, 3.63) is 97.2 Å². The molecule has 14 heteroatoms. The number of hydrogen-bond acceptors (Lipinski definition) is 14. The maximum atomic E-state index is 13.0. The van der Waals surface area contributed by atoms with Crippen molar-refractivity contribution in [1.29, 1.82) is 0 Å². The lowest BCUT2D eigenvalue weighted by molar-refractivity contribution is -0.332. The van der Waals surface area contributed by atoms with E-state index in [2.05, 4.69) is 111 Å². The maximum Gasteiger partial charge on any atom is 0.306 e. The normalized spacial score (nSPS) is 26.1. The van der Waals surface area contributed by atoms with Crippen LogP contribution in [0, 0.1) is 0 Å². The van der Waals surface area contributed by atoms with Crippen LogP contribution in [0.5, 0.6) is 0 Å². The molecule has 2 rings (SSSR count). The number of esters is 1. The molecule has 0 aromatic rings. The third-order valence-electron chi connectivity index (χ3n) is 12.1. The van der Waals surface area contributed by atoms with Gasteiger partial charge in [0, 0.05) is 13.0 Å². The standard InChI is InChI=1S/C57H94O14/c1-3-5-7-9-11-13-15-17-18-19-20-21-22-23-24-25-26-27-29-31-33-35-37-39-41-66-43-46(69-49(59)40-38-36-34-32-30-28-16-14-12-10-8-6-4-2)44-67-56-55(65)53(63)51(61)48(71-56)45-68-57-54(64)52(62)50(60)47(42-58)70-57/h5,7,11,13-14,16-18,20-21,23-24,26-27,31,33,46-48,50-58,60-65H,3-4,6,8-10,12,15,19,22,25,28-30,32,34-45H2,1-2H3/b7-5-,13-11-,16-14-,18-17-,21-20-,24-23-,27-26-,33-31-. The Morgan fingerprint density at radius 3 is 1.45 bits per heavy atom. The number of allylic oxidation sites excluding steroid dienone is 16. The molecule has 71 heavy (non-hydrogen) atoms. The van der Waals surface area contributed by atoms with E-state index in [4.69, 9.17) is 28.4 Å². The Kier molecular flexibility index (Phi) is 39.1. The first kappa shape index (κ1) is 64.0. The predicted molar refractivity (Wildman–Crippen MR) is 279 cm³/mol. The van der Waals surface area contributed by atoms with Crippen molar-refractivity contribution in [2.45, 2.75) is 223 Å². The summed E-state index contributed by atoms with van der Waals surface area (Å²) in [6, 6.07) is 0. The zero-order valence-electron chi connectivity index (χ0n) is 43.2. The zero-order chi connectivity index (χ0) is 51.6. The molecule has 0 aromatic carbocycles. The molecular weight excluding hydrogens is 909 g/mol. The zero-order valence-corrected chi connectivity index (χ0v) is 43.2. The Bertz CT molecular complexity index is 1540. The van der Waals surface area contributed by atoms with Gasteiger partial charge in [-0.15, -0.1) is 0 Å². The molecule has 14 nitrogen and oxygen atoms in total. The molecule has 406 valence electrons. The second-order valence-corrected chi connectivity index (χ2v) is 18.3. The monoisotopic (exact) mass is 1000 g/mol. The van der Waals surface area contributed by atoms with Gasteiger partial charge < -0.3 is 64.2 Å². The van der Waals surface area contributed by atoms with Crippen LogP contribution in [0.25, 0.3) is 0 Å². The molecule has 0 bridgehead atoms. The van der Waals surface area contributed by atoms with Crippen LogP contribution in [0.1, 0.15) is 155 Å². The van der Waals surface area contributed by atoms with Gasteiger partial charge in [0.05, 0.1) is 26.4 Å². The van der Waals surface area contributed by atoms with Crippen molar-refractivity contribution in [3.8, 4) is 0 Å². The van der Waals surface area contributed by atoms with Crippen molar-refractivity contribution >= 4 is 5.97 Å². The van der Waals surface area contributed by atoms with Crippen LogP contribution < -0.4 is 0 Å². The summed E-state index contributed by atoms with van der Waals surface area (Å²) in [5.41, 5.74) is 0. The molecule has 0 aliphatic carbocycles. The van der Waals surface area contributed by atoms with Crippen molar-refractivity contribution in [1.82, 2.24) is 0 Å². The van der Waals surface area contributed by atoms with E-state index in [0.29, 0.717) is 13.0 Å². The van der Waals surface area contributed by atoms with E-state index in [1.165, 1.54) is 25.7 Å². The molecule has 0 spiro atoms. The summed E-state index contributed by atoms with van der Waals surface area (Å²) in [5.74, 6) is -0.406. The minimum atomic E-state index is -1.72. The quantitative estimate of drug-likeness (QED) is 0.0174. The summed E-state index contributed by atoms with van der Waals surface area (Å²) in [4.78, 5) is 13.0. The van der Waals surface area contributed by atoms with Gasteiger partial charge in [0.25, 0.3) is 0 Å². The highest BCUT2D eigenvalue weighted by molar-refractivity contribution is 5.69. The highest BCUT2D eigenvalue weighted by Crippen LogP contribution is 2.26. The number of carbonyl (C=O) groups is 1. The number of hydrogen-bond donors (Lipinski definition) is 7. The topological polar surface area (TPSA) is 214 Å². The summed E-state index contributed by atoms with van der Waals surface area (Å²) in [5, 5.41) is 72.2. The molecule has 2 heterocycles. The largest absolute Gasteiger partial charge is 0.457 e. The molecule has 7 N–H and O–H groups in total. The Labute approximate surface area is 426 Å². The minimum Gasteiger partial charge on any atom is -0.457 e. The second-order valence-electron chi connectivity index (χ2n) is 18.3. The van der Waals surface area contributed by atoms with Gasteiger partial charge in [0.2, 0.25) is 0 Å². The Balaban J connectivity index is 1.77. The Hall–Kier alpha value is -3.09.